The van der Waals surface area contributed by atoms with Crippen molar-refractivity contribution in [3.05, 3.63) is 35.3 Å². The van der Waals surface area contributed by atoms with E-state index in [4.69, 9.17) is 9.84 Å². The van der Waals surface area contributed by atoms with Gasteiger partial charge in [0.1, 0.15) is 15.6 Å². The average molecular weight is 334 g/mol. The number of methoxy groups -OCH3 is 1. The van der Waals surface area contributed by atoms with Gasteiger partial charge >= 0.3 is 0 Å². The van der Waals surface area contributed by atoms with Crippen LogP contribution in [0.5, 0.6) is 5.75 Å². The summed E-state index contributed by atoms with van der Waals surface area (Å²) < 4.78 is 5.14. The molecule has 0 spiro atoms. The van der Waals surface area contributed by atoms with Crippen molar-refractivity contribution in [3.63, 3.8) is 0 Å². The Bertz CT molecular complexity index is 638. The molecule has 0 aliphatic heterocycles. The molecule has 1 amide bonds. The summed E-state index contributed by atoms with van der Waals surface area (Å²) in [5, 5.41) is 12.9. The van der Waals surface area contributed by atoms with Crippen LogP contribution in [0.1, 0.15) is 29.9 Å². The van der Waals surface area contributed by atoms with Crippen LogP contribution in [0.15, 0.2) is 30.5 Å². The molecule has 0 radical (unpaired) electrons. The van der Waals surface area contributed by atoms with Gasteiger partial charge in [-0.1, -0.05) is 13.8 Å². The molecule has 0 saturated heterocycles. The molecular weight excluding hydrogens is 312 g/mol. The average Bonchev–Trinajstić information content (AvgIpc) is 3.04. The van der Waals surface area contributed by atoms with E-state index in [9.17, 15) is 4.79 Å². The van der Waals surface area contributed by atoms with E-state index >= 15 is 0 Å². The summed E-state index contributed by atoms with van der Waals surface area (Å²) >= 11 is 1.35. The second kappa shape index (κ2) is 8.08. The van der Waals surface area contributed by atoms with Gasteiger partial charge in [0.25, 0.3) is 5.91 Å². The molecule has 0 fully saturated rings. The molecule has 6 heteroatoms. The first kappa shape index (κ1) is 17.4. The number of carbonyl (C=O) groups excluding carboxylic acids is 1. The van der Waals surface area contributed by atoms with Crippen molar-refractivity contribution in [2.45, 2.75) is 26.3 Å². The first-order chi connectivity index (χ1) is 11.0. The SMILES string of the molecule is COc1ccc(-c2ncc(C(=O)NC(CCO)C(C)C)s2)cc1. The highest BCUT2D eigenvalue weighted by atomic mass is 32.1. The van der Waals surface area contributed by atoms with Crippen LogP contribution in [0.3, 0.4) is 0 Å². The lowest BCUT2D eigenvalue weighted by Crippen LogP contribution is -2.38. The van der Waals surface area contributed by atoms with E-state index in [2.05, 4.69) is 10.3 Å². The van der Waals surface area contributed by atoms with Gasteiger partial charge in [0.05, 0.1) is 13.3 Å². The van der Waals surface area contributed by atoms with Crippen LogP contribution in [0, 0.1) is 5.92 Å². The van der Waals surface area contributed by atoms with Crippen molar-refractivity contribution in [3.8, 4) is 16.3 Å². The molecule has 1 aromatic carbocycles. The van der Waals surface area contributed by atoms with E-state index in [1.165, 1.54) is 11.3 Å². The molecule has 2 N–H and O–H groups in total. The smallest absolute Gasteiger partial charge is 0.263 e. The van der Waals surface area contributed by atoms with Crippen LogP contribution in [0.2, 0.25) is 0 Å². The summed E-state index contributed by atoms with van der Waals surface area (Å²) in [4.78, 5) is 17.2. The molecule has 0 aliphatic rings. The van der Waals surface area contributed by atoms with Crippen LogP contribution in [-0.4, -0.2) is 35.8 Å². The number of amides is 1. The fourth-order valence-corrected chi connectivity index (χ4v) is 3.02. The fraction of sp³-hybridized carbons (Fsp3) is 0.412. The van der Waals surface area contributed by atoms with Crippen LogP contribution < -0.4 is 10.1 Å². The minimum Gasteiger partial charge on any atom is -0.497 e. The first-order valence-electron chi connectivity index (χ1n) is 7.57. The van der Waals surface area contributed by atoms with E-state index < -0.39 is 0 Å². The number of ether oxygens (including phenoxy) is 1. The molecule has 1 aromatic heterocycles. The highest BCUT2D eigenvalue weighted by Crippen LogP contribution is 2.27. The quantitative estimate of drug-likeness (QED) is 0.816. The third kappa shape index (κ3) is 4.53. The number of benzene rings is 1. The topological polar surface area (TPSA) is 71.5 Å². The highest BCUT2D eigenvalue weighted by molar-refractivity contribution is 7.16. The van der Waals surface area contributed by atoms with E-state index in [0.29, 0.717) is 11.3 Å². The van der Waals surface area contributed by atoms with E-state index in [-0.39, 0.29) is 24.5 Å². The summed E-state index contributed by atoms with van der Waals surface area (Å²) in [5.74, 6) is 0.904. The van der Waals surface area contributed by atoms with Crippen molar-refractivity contribution >= 4 is 17.2 Å². The normalized spacial score (nSPS) is 12.2. The maximum absolute atomic E-state index is 12.3. The van der Waals surface area contributed by atoms with Gasteiger partial charge in [-0.15, -0.1) is 11.3 Å². The van der Waals surface area contributed by atoms with Gasteiger partial charge in [-0.3, -0.25) is 4.79 Å². The number of hydrogen-bond donors (Lipinski definition) is 2. The third-order valence-corrected chi connectivity index (χ3v) is 4.67. The van der Waals surface area contributed by atoms with Crippen molar-refractivity contribution in [1.29, 1.82) is 0 Å². The molecule has 0 aliphatic carbocycles. The predicted molar refractivity (Wildman–Crippen MR) is 91.9 cm³/mol. The van der Waals surface area contributed by atoms with Crippen molar-refractivity contribution < 1.29 is 14.6 Å². The molecule has 1 atom stereocenters. The van der Waals surface area contributed by atoms with Crippen molar-refractivity contribution in [2.75, 3.05) is 13.7 Å². The molecule has 1 unspecified atom stereocenters. The molecule has 0 bridgehead atoms. The van der Waals surface area contributed by atoms with Gasteiger partial charge in [-0.05, 0) is 36.6 Å². The standard InChI is InChI=1S/C17H22N2O3S/c1-11(2)14(8-9-20)19-16(21)15-10-18-17(23-15)12-4-6-13(22-3)7-5-12/h4-7,10-11,14,20H,8-9H2,1-3H3,(H,19,21). The Balaban J connectivity index is 2.09. The van der Waals surface area contributed by atoms with Crippen molar-refractivity contribution in [1.82, 2.24) is 10.3 Å². The molecular formula is C17H22N2O3S. The number of rotatable bonds is 7. The van der Waals surface area contributed by atoms with Crippen LogP contribution in [0.4, 0.5) is 0 Å². The Kier molecular flexibility index (Phi) is 6.12. The molecule has 124 valence electrons. The zero-order valence-electron chi connectivity index (χ0n) is 13.6. The lowest BCUT2D eigenvalue weighted by molar-refractivity contribution is 0.0920. The highest BCUT2D eigenvalue weighted by Gasteiger charge is 2.18. The molecule has 2 aromatic rings. The van der Waals surface area contributed by atoms with Gasteiger partial charge in [-0.25, -0.2) is 4.98 Å². The number of carbonyl (C=O) groups is 1. The van der Waals surface area contributed by atoms with Crippen LogP contribution >= 0.6 is 11.3 Å². The monoisotopic (exact) mass is 334 g/mol. The predicted octanol–water partition coefficient (Wildman–Crippen LogP) is 2.96. The Morgan fingerprint density at radius 3 is 2.61 bits per heavy atom. The molecule has 2 rings (SSSR count). The van der Waals surface area contributed by atoms with E-state index in [0.717, 1.165) is 16.3 Å². The fourth-order valence-electron chi connectivity index (χ4n) is 2.20. The summed E-state index contributed by atoms with van der Waals surface area (Å²) in [6.07, 6.45) is 2.14. The zero-order valence-corrected chi connectivity index (χ0v) is 14.4. The van der Waals surface area contributed by atoms with Gasteiger partial charge in [0.2, 0.25) is 0 Å². The molecule has 5 nitrogen and oxygen atoms in total. The molecule has 23 heavy (non-hydrogen) atoms. The maximum Gasteiger partial charge on any atom is 0.263 e. The number of aromatic nitrogens is 1. The number of nitrogens with one attached hydrogen (secondary N) is 1. The Labute approximate surface area is 140 Å². The Morgan fingerprint density at radius 2 is 2.04 bits per heavy atom. The minimum absolute atomic E-state index is 0.0426. The first-order valence-corrected chi connectivity index (χ1v) is 8.38. The van der Waals surface area contributed by atoms with Gasteiger partial charge in [-0.2, -0.15) is 0 Å². The van der Waals surface area contributed by atoms with Gasteiger partial charge < -0.3 is 15.2 Å². The van der Waals surface area contributed by atoms with E-state index in [1.54, 1.807) is 13.3 Å². The zero-order chi connectivity index (χ0) is 16.8. The molecule has 0 saturated carbocycles. The number of thiazole rings is 1. The number of hydrogen-bond acceptors (Lipinski definition) is 5. The second-order valence-corrected chi connectivity index (χ2v) is 6.63. The maximum atomic E-state index is 12.3. The number of aliphatic hydroxyl groups is 1. The number of nitrogens with zero attached hydrogens (tertiary/aromatic N) is 1. The summed E-state index contributed by atoms with van der Waals surface area (Å²) in [5.41, 5.74) is 0.950. The van der Waals surface area contributed by atoms with Crippen LogP contribution in [-0.2, 0) is 0 Å². The van der Waals surface area contributed by atoms with Crippen LogP contribution in [0.25, 0.3) is 10.6 Å². The third-order valence-electron chi connectivity index (χ3n) is 3.63. The summed E-state index contributed by atoms with van der Waals surface area (Å²) in [7, 11) is 1.62. The number of aliphatic hydroxyl groups excluding tert-OH is 1. The summed E-state index contributed by atoms with van der Waals surface area (Å²) in [6, 6.07) is 7.53. The Hall–Kier alpha value is -1.92. The second-order valence-electron chi connectivity index (χ2n) is 5.59. The largest absolute Gasteiger partial charge is 0.497 e. The van der Waals surface area contributed by atoms with Gasteiger partial charge in [0, 0.05) is 18.2 Å². The lowest BCUT2D eigenvalue weighted by Gasteiger charge is -2.20. The Morgan fingerprint density at radius 1 is 1.35 bits per heavy atom. The minimum atomic E-state index is -0.144. The summed E-state index contributed by atoms with van der Waals surface area (Å²) in [6.45, 7) is 4.11. The molecule has 1 heterocycles. The van der Waals surface area contributed by atoms with E-state index in [1.807, 2.05) is 38.1 Å². The van der Waals surface area contributed by atoms with Gasteiger partial charge in [0.15, 0.2) is 0 Å². The lowest BCUT2D eigenvalue weighted by atomic mass is 10.0. The van der Waals surface area contributed by atoms with Crippen molar-refractivity contribution in [2.24, 2.45) is 5.92 Å².